The minimum atomic E-state index is 0.0408. The number of fused-ring (bicyclic) bond motifs is 1. The summed E-state index contributed by atoms with van der Waals surface area (Å²) in [7, 11) is 0. The number of nitrogens with one attached hydrogen (secondary N) is 2. The third-order valence-corrected chi connectivity index (χ3v) is 8.27. The number of carbonyl (C=O) groups is 1. The van der Waals surface area contributed by atoms with Crippen LogP contribution in [0.15, 0.2) is 40.8 Å². The molecular formula is C28H31N3O2S. The smallest absolute Gasteiger partial charge is 0.227 e. The van der Waals surface area contributed by atoms with Gasteiger partial charge in [0.15, 0.2) is 10.7 Å². The molecule has 4 saturated carbocycles. The Bertz CT molecular complexity index is 1240. The topological polar surface area (TPSA) is 67.2 Å². The van der Waals surface area contributed by atoms with Crippen molar-refractivity contribution < 1.29 is 9.21 Å². The van der Waals surface area contributed by atoms with E-state index in [1.165, 1.54) is 49.7 Å². The standard InChI is InChI=1S/C28H31N3O2S/c1-16-5-17(2)7-21(6-16)26-30-23-11-22(3-4-24(23)33-26)29-27(34)31-25(32)15-28-12-18-8-19(13-28)10-20(9-18)14-28/h3-7,11,18-20H,8-10,12-15H2,1-2H3,(H2,29,31,32,34). The number of aryl methyl sites for hydroxylation is 2. The van der Waals surface area contributed by atoms with Gasteiger partial charge in [-0.2, -0.15) is 0 Å². The van der Waals surface area contributed by atoms with Gasteiger partial charge in [-0.3, -0.25) is 4.79 Å². The summed E-state index contributed by atoms with van der Waals surface area (Å²) in [6.45, 7) is 4.14. The molecule has 2 aromatic carbocycles. The lowest BCUT2D eigenvalue weighted by molar-refractivity contribution is -0.127. The third kappa shape index (κ3) is 4.24. The van der Waals surface area contributed by atoms with Crippen LogP contribution < -0.4 is 10.6 Å². The number of benzene rings is 2. The van der Waals surface area contributed by atoms with Gasteiger partial charge < -0.3 is 15.1 Å². The first-order valence-corrected chi connectivity index (χ1v) is 12.8. The van der Waals surface area contributed by atoms with Crippen molar-refractivity contribution in [1.82, 2.24) is 10.3 Å². The first kappa shape index (κ1) is 21.8. The van der Waals surface area contributed by atoms with Crippen molar-refractivity contribution in [3.8, 4) is 11.5 Å². The van der Waals surface area contributed by atoms with Crippen LogP contribution in [-0.4, -0.2) is 16.0 Å². The lowest BCUT2D eigenvalue weighted by Crippen LogP contribution is -2.48. The molecule has 4 fully saturated rings. The van der Waals surface area contributed by atoms with Gasteiger partial charge in [0.2, 0.25) is 11.8 Å². The maximum atomic E-state index is 12.9. The van der Waals surface area contributed by atoms with Gasteiger partial charge in [-0.15, -0.1) is 0 Å². The number of hydrogen-bond acceptors (Lipinski definition) is 4. The van der Waals surface area contributed by atoms with E-state index < -0.39 is 0 Å². The highest BCUT2D eigenvalue weighted by molar-refractivity contribution is 7.80. The molecule has 0 spiro atoms. The Morgan fingerprint density at radius 2 is 1.68 bits per heavy atom. The molecule has 5 nitrogen and oxygen atoms in total. The number of hydrogen-bond donors (Lipinski definition) is 2. The number of carbonyl (C=O) groups excluding carboxylic acids is 1. The van der Waals surface area contributed by atoms with Gasteiger partial charge in [-0.25, -0.2) is 4.98 Å². The fraction of sp³-hybridized carbons (Fsp3) is 0.464. The van der Waals surface area contributed by atoms with E-state index in [9.17, 15) is 4.79 Å². The van der Waals surface area contributed by atoms with Crippen LogP contribution in [0, 0.1) is 37.0 Å². The quantitative estimate of drug-likeness (QED) is 0.422. The predicted molar refractivity (Wildman–Crippen MR) is 139 cm³/mol. The van der Waals surface area contributed by atoms with E-state index in [1.54, 1.807) is 0 Å². The van der Waals surface area contributed by atoms with Crippen LogP contribution in [-0.2, 0) is 4.79 Å². The maximum absolute atomic E-state index is 12.9. The zero-order valence-electron chi connectivity index (χ0n) is 19.8. The van der Waals surface area contributed by atoms with Gasteiger partial charge in [0, 0.05) is 17.7 Å². The van der Waals surface area contributed by atoms with Crippen molar-refractivity contribution in [3.63, 3.8) is 0 Å². The monoisotopic (exact) mass is 473 g/mol. The summed E-state index contributed by atoms with van der Waals surface area (Å²) in [6.07, 6.45) is 8.41. The molecule has 1 amide bonds. The fourth-order valence-corrected chi connectivity index (χ4v) is 7.64. The normalized spacial score (nSPS) is 27.2. The van der Waals surface area contributed by atoms with E-state index >= 15 is 0 Å². The Morgan fingerprint density at radius 1 is 1.03 bits per heavy atom. The number of amides is 1. The van der Waals surface area contributed by atoms with Gasteiger partial charge in [0.1, 0.15) is 5.52 Å². The van der Waals surface area contributed by atoms with E-state index in [1.807, 2.05) is 18.2 Å². The summed E-state index contributed by atoms with van der Waals surface area (Å²) < 4.78 is 5.98. The molecule has 6 heteroatoms. The summed E-state index contributed by atoms with van der Waals surface area (Å²) in [5, 5.41) is 6.43. The Hall–Kier alpha value is -2.73. The second-order valence-corrected chi connectivity index (χ2v) is 11.6. The van der Waals surface area contributed by atoms with Crippen molar-refractivity contribution in [2.75, 3.05) is 5.32 Å². The van der Waals surface area contributed by atoms with Crippen LogP contribution in [0.5, 0.6) is 0 Å². The van der Waals surface area contributed by atoms with Gasteiger partial charge in [-0.1, -0.05) is 17.2 Å². The van der Waals surface area contributed by atoms with Crippen molar-refractivity contribution in [1.29, 1.82) is 0 Å². The predicted octanol–water partition coefficient (Wildman–Crippen LogP) is 6.53. The Kier molecular flexibility index (Phi) is 5.25. The van der Waals surface area contributed by atoms with Crippen LogP contribution in [0.2, 0.25) is 0 Å². The van der Waals surface area contributed by atoms with Gasteiger partial charge in [-0.05, 0) is 118 Å². The Labute approximate surface area is 205 Å². The lowest BCUT2D eigenvalue weighted by atomic mass is 9.49. The Morgan fingerprint density at radius 3 is 2.32 bits per heavy atom. The molecule has 176 valence electrons. The zero-order valence-corrected chi connectivity index (χ0v) is 20.6. The molecule has 0 atom stereocenters. The van der Waals surface area contributed by atoms with Crippen molar-refractivity contribution in [2.24, 2.45) is 23.2 Å². The second kappa shape index (κ2) is 8.19. The molecule has 4 bridgehead atoms. The first-order chi connectivity index (χ1) is 16.3. The summed E-state index contributed by atoms with van der Waals surface area (Å²) in [5.41, 5.74) is 5.78. The highest BCUT2D eigenvalue weighted by Crippen LogP contribution is 2.61. The van der Waals surface area contributed by atoms with Gasteiger partial charge in [0.05, 0.1) is 0 Å². The first-order valence-electron chi connectivity index (χ1n) is 12.4. The number of oxazole rings is 1. The van der Waals surface area contributed by atoms with E-state index in [2.05, 4.69) is 47.7 Å². The molecule has 2 N–H and O–H groups in total. The van der Waals surface area contributed by atoms with Crippen molar-refractivity contribution in [3.05, 3.63) is 47.5 Å². The van der Waals surface area contributed by atoms with Crippen LogP contribution in [0.3, 0.4) is 0 Å². The van der Waals surface area contributed by atoms with Crippen molar-refractivity contribution >= 4 is 40.0 Å². The number of anilines is 1. The summed E-state index contributed by atoms with van der Waals surface area (Å²) in [6, 6.07) is 12.0. The third-order valence-electron chi connectivity index (χ3n) is 8.07. The number of nitrogens with zero attached hydrogens (tertiary/aromatic N) is 1. The van der Waals surface area contributed by atoms with Gasteiger partial charge in [0.25, 0.3) is 0 Å². The summed E-state index contributed by atoms with van der Waals surface area (Å²) in [5.74, 6) is 3.16. The molecule has 1 aromatic heterocycles. The van der Waals surface area contributed by atoms with Crippen LogP contribution in [0.1, 0.15) is 56.1 Å². The average molecular weight is 474 g/mol. The number of rotatable bonds is 4. The van der Waals surface area contributed by atoms with E-state index in [0.29, 0.717) is 17.4 Å². The van der Waals surface area contributed by atoms with E-state index in [-0.39, 0.29) is 11.3 Å². The minimum Gasteiger partial charge on any atom is -0.436 e. The maximum Gasteiger partial charge on any atom is 0.227 e. The lowest BCUT2D eigenvalue weighted by Gasteiger charge is -2.56. The van der Waals surface area contributed by atoms with E-state index in [4.69, 9.17) is 16.6 Å². The molecule has 4 aliphatic carbocycles. The van der Waals surface area contributed by atoms with Crippen LogP contribution in [0.25, 0.3) is 22.6 Å². The zero-order chi connectivity index (χ0) is 23.4. The SMILES string of the molecule is Cc1cc(C)cc(-c2nc3cc(NC(=S)NC(=O)CC45CC6CC(CC(C6)C4)C5)ccc3o2)c1. The molecule has 0 radical (unpaired) electrons. The molecule has 34 heavy (non-hydrogen) atoms. The van der Waals surface area contributed by atoms with Crippen LogP contribution in [0.4, 0.5) is 5.69 Å². The fourth-order valence-electron chi connectivity index (χ4n) is 7.41. The molecule has 3 aromatic rings. The minimum absolute atomic E-state index is 0.0408. The van der Waals surface area contributed by atoms with Crippen LogP contribution >= 0.6 is 12.2 Å². The molecule has 1 heterocycles. The second-order valence-electron chi connectivity index (χ2n) is 11.2. The molecule has 0 saturated heterocycles. The molecule has 7 rings (SSSR count). The largest absolute Gasteiger partial charge is 0.436 e. The summed E-state index contributed by atoms with van der Waals surface area (Å²) >= 11 is 5.47. The molecule has 4 aliphatic rings. The average Bonchev–Trinajstić information content (AvgIpc) is 3.15. The highest BCUT2D eigenvalue weighted by Gasteiger charge is 2.51. The molecule has 0 unspecified atom stereocenters. The van der Waals surface area contributed by atoms with E-state index in [0.717, 1.165) is 40.1 Å². The molecular weight excluding hydrogens is 442 g/mol. The van der Waals surface area contributed by atoms with Crippen molar-refractivity contribution in [2.45, 2.75) is 58.8 Å². The highest BCUT2D eigenvalue weighted by atomic mass is 32.1. The van der Waals surface area contributed by atoms with Gasteiger partial charge >= 0.3 is 0 Å². The summed E-state index contributed by atoms with van der Waals surface area (Å²) in [4.78, 5) is 17.6. The number of aromatic nitrogens is 1. The molecule has 0 aliphatic heterocycles. The number of thiocarbonyl (C=S) groups is 1. The Balaban J connectivity index is 1.11.